The van der Waals surface area contributed by atoms with Crippen LogP contribution in [0.15, 0.2) is 0 Å². The van der Waals surface area contributed by atoms with Gasteiger partial charge >= 0.3 is 0 Å². The molecule has 0 bridgehead atoms. The van der Waals surface area contributed by atoms with Crippen molar-refractivity contribution in [2.45, 2.75) is 31.2 Å². The van der Waals surface area contributed by atoms with Crippen LogP contribution in [0.4, 0.5) is 4.39 Å². The topological polar surface area (TPSA) is 41.5 Å². The van der Waals surface area contributed by atoms with Crippen molar-refractivity contribution < 1.29 is 14.2 Å². The van der Waals surface area contributed by atoms with Crippen LogP contribution in [0.5, 0.6) is 0 Å². The van der Waals surface area contributed by atoms with Crippen LogP contribution in [0.2, 0.25) is 0 Å². The molecule has 12 heavy (non-hydrogen) atoms. The Hall–Kier alpha value is -0.190. The van der Waals surface area contributed by atoms with E-state index in [1.807, 2.05) is 0 Å². The molecule has 0 spiro atoms. The third-order valence-electron chi connectivity index (χ3n) is 2.30. The highest BCUT2D eigenvalue weighted by atomic mass is 19.1. The molecule has 1 aliphatic rings. The maximum Gasteiger partial charge on any atom is 0.141 e. The lowest BCUT2D eigenvalue weighted by Gasteiger charge is -2.16. The first-order valence-electron chi connectivity index (χ1n) is 4.33. The minimum Gasteiger partial charge on any atom is -0.394 e. The van der Waals surface area contributed by atoms with Gasteiger partial charge in [0.15, 0.2) is 0 Å². The van der Waals surface area contributed by atoms with E-state index in [1.54, 1.807) is 7.05 Å². The lowest BCUT2D eigenvalue weighted by Crippen LogP contribution is -2.35. The van der Waals surface area contributed by atoms with E-state index in [0.717, 1.165) is 12.8 Å². The van der Waals surface area contributed by atoms with E-state index in [1.165, 1.54) is 0 Å². The SMILES string of the molecule is CNC1CCC(OCCO)C1F. The molecular formula is C8H16FNO2. The third-order valence-corrected chi connectivity index (χ3v) is 2.30. The second-order valence-corrected chi connectivity index (χ2v) is 3.05. The summed E-state index contributed by atoms with van der Waals surface area (Å²) in [6, 6.07) is -0.0753. The molecule has 0 heterocycles. The van der Waals surface area contributed by atoms with Crippen LogP contribution in [-0.4, -0.2) is 43.7 Å². The lowest BCUT2D eigenvalue weighted by atomic mass is 10.2. The Bertz CT molecular complexity index is 134. The highest BCUT2D eigenvalue weighted by Gasteiger charge is 2.35. The van der Waals surface area contributed by atoms with Crippen LogP contribution in [0.3, 0.4) is 0 Å². The zero-order chi connectivity index (χ0) is 8.97. The van der Waals surface area contributed by atoms with E-state index >= 15 is 0 Å². The molecule has 0 radical (unpaired) electrons. The molecule has 0 amide bonds. The van der Waals surface area contributed by atoms with Gasteiger partial charge in [0.1, 0.15) is 6.17 Å². The van der Waals surface area contributed by atoms with Crippen molar-refractivity contribution >= 4 is 0 Å². The van der Waals surface area contributed by atoms with Gasteiger partial charge in [-0.05, 0) is 19.9 Å². The highest BCUT2D eigenvalue weighted by molar-refractivity contribution is 4.89. The van der Waals surface area contributed by atoms with E-state index in [4.69, 9.17) is 9.84 Å². The van der Waals surface area contributed by atoms with Gasteiger partial charge in [-0.1, -0.05) is 0 Å². The maximum atomic E-state index is 13.3. The zero-order valence-corrected chi connectivity index (χ0v) is 7.29. The van der Waals surface area contributed by atoms with Crippen LogP contribution >= 0.6 is 0 Å². The Morgan fingerprint density at radius 3 is 2.83 bits per heavy atom. The van der Waals surface area contributed by atoms with Crippen LogP contribution < -0.4 is 5.32 Å². The summed E-state index contributed by atoms with van der Waals surface area (Å²) in [4.78, 5) is 0. The molecule has 0 aromatic carbocycles. The van der Waals surface area contributed by atoms with Gasteiger partial charge in [-0.25, -0.2) is 4.39 Å². The second-order valence-electron chi connectivity index (χ2n) is 3.05. The zero-order valence-electron chi connectivity index (χ0n) is 7.29. The van der Waals surface area contributed by atoms with Crippen molar-refractivity contribution in [2.24, 2.45) is 0 Å². The number of hydrogen-bond acceptors (Lipinski definition) is 3. The molecule has 72 valence electrons. The standard InChI is InChI=1S/C8H16FNO2/c1-10-6-2-3-7(8(6)9)12-5-4-11/h6-8,10-11H,2-5H2,1H3. The van der Waals surface area contributed by atoms with Crippen molar-refractivity contribution in [3.8, 4) is 0 Å². The van der Waals surface area contributed by atoms with E-state index < -0.39 is 6.17 Å². The van der Waals surface area contributed by atoms with Crippen molar-refractivity contribution in [1.29, 1.82) is 0 Å². The van der Waals surface area contributed by atoms with Crippen LogP contribution in [-0.2, 0) is 4.74 Å². The fourth-order valence-electron chi connectivity index (χ4n) is 1.60. The summed E-state index contributed by atoms with van der Waals surface area (Å²) in [7, 11) is 1.76. The van der Waals surface area contributed by atoms with Gasteiger partial charge in [0, 0.05) is 6.04 Å². The van der Waals surface area contributed by atoms with Gasteiger partial charge in [0.05, 0.1) is 19.3 Å². The van der Waals surface area contributed by atoms with E-state index in [-0.39, 0.29) is 25.4 Å². The molecule has 3 atom stereocenters. The summed E-state index contributed by atoms with van der Waals surface area (Å²) in [5.41, 5.74) is 0. The predicted molar refractivity (Wildman–Crippen MR) is 43.8 cm³/mol. The molecule has 1 rings (SSSR count). The van der Waals surface area contributed by atoms with E-state index in [0.29, 0.717) is 0 Å². The van der Waals surface area contributed by atoms with E-state index in [2.05, 4.69) is 5.32 Å². The summed E-state index contributed by atoms with van der Waals surface area (Å²) < 4.78 is 18.4. The van der Waals surface area contributed by atoms with Crippen molar-refractivity contribution in [2.75, 3.05) is 20.3 Å². The van der Waals surface area contributed by atoms with Crippen molar-refractivity contribution in [3.63, 3.8) is 0 Å². The molecule has 1 aliphatic carbocycles. The van der Waals surface area contributed by atoms with Gasteiger partial charge in [-0.15, -0.1) is 0 Å². The summed E-state index contributed by atoms with van der Waals surface area (Å²) in [5.74, 6) is 0. The average molecular weight is 177 g/mol. The number of ether oxygens (including phenoxy) is 1. The lowest BCUT2D eigenvalue weighted by molar-refractivity contribution is -0.00614. The fourth-order valence-corrected chi connectivity index (χ4v) is 1.60. The minimum atomic E-state index is -0.929. The van der Waals surface area contributed by atoms with E-state index in [9.17, 15) is 4.39 Å². The molecule has 0 saturated heterocycles. The average Bonchev–Trinajstić information content (AvgIpc) is 2.43. The summed E-state index contributed by atoms with van der Waals surface area (Å²) >= 11 is 0. The number of aliphatic hydroxyl groups is 1. The molecule has 4 heteroatoms. The number of aliphatic hydroxyl groups excluding tert-OH is 1. The summed E-state index contributed by atoms with van der Waals surface area (Å²) in [5, 5.41) is 11.4. The van der Waals surface area contributed by atoms with Gasteiger partial charge in [-0.3, -0.25) is 0 Å². The monoisotopic (exact) mass is 177 g/mol. The number of halogens is 1. The highest BCUT2D eigenvalue weighted by Crippen LogP contribution is 2.25. The first-order chi connectivity index (χ1) is 5.79. The van der Waals surface area contributed by atoms with Crippen molar-refractivity contribution in [1.82, 2.24) is 5.32 Å². The molecule has 0 aromatic heterocycles. The number of alkyl halides is 1. The Labute approximate surface area is 71.9 Å². The first-order valence-corrected chi connectivity index (χ1v) is 4.33. The second kappa shape index (κ2) is 4.74. The molecule has 0 aromatic rings. The molecule has 3 unspecified atom stereocenters. The first kappa shape index (κ1) is 9.89. The molecule has 1 saturated carbocycles. The third kappa shape index (κ3) is 2.15. The molecule has 1 fully saturated rings. The van der Waals surface area contributed by atoms with Crippen LogP contribution in [0.1, 0.15) is 12.8 Å². The largest absolute Gasteiger partial charge is 0.394 e. The summed E-state index contributed by atoms with van der Waals surface area (Å²) in [6.07, 6.45) is 0.302. The fraction of sp³-hybridized carbons (Fsp3) is 1.00. The molecular weight excluding hydrogens is 161 g/mol. The Morgan fingerprint density at radius 2 is 2.33 bits per heavy atom. The van der Waals surface area contributed by atoms with Gasteiger partial charge in [0.2, 0.25) is 0 Å². The summed E-state index contributed by atoms with van der Waals surface area (Å²) in [6.45, 7) is 0.203. The molecule has 3 nitrogen and oxygen atoms in total. The molecule has 0 aliphatic heterocycles. The number of nitrogens with one attached hydrogen (secondary N) is 1. The maximum absolute atomic E-state index is 13.3. The predicted octanol–water partition coefficient (Wildman–Crippen LogP) is 0.0838. The van der Waals surface area contributed by atoms with Crippen molar-refractivity contribution in [3.05, 3.63) is 0 Å². The van der Waals surface area contributed by atoms with Crippen LogP contribution in [0.25, 0.3) is 0 Å². The van der Waals surface area contributed by atoms with Crippen LogP contribution in [0, 0.1) is 0 Å². The normalized spacial score (nSPS) is 35.8. The van der Waals surface area contributed by atoms with Gasteiger partial charge in [0.25, 0.3) is 0 Å². The Morgan fingerprint density at radius 1 is 1.58 bits per heavy atom. The Kier molecular flexibility index (Phi) is 3.91. The quantitative estimate of drug-likeness (QED) is 0.639. The number of rotatable bonds is 4. The van der Waals surface area contributed by atoms with Gasteiger partial charge < -0.3 is 15.2 Å². The smallest absolute Gasteiger partial charge is 0.141 e. The minimum absolute atomic E-state index is 0.0343. The number of hydrogen-bond donors (Lipinski definition) is 2. The van der Waals surface area contributed by atoms with Gasteiger partial charge in [-0.2, -0.15) is 0 Å². The molecule has 2 N–H and O–H groups in total. The Balaban J connectivity index is 2.28.